The Hall–Kier alpha value is -1.84. The number of carbonyl (C=O) groups is 1. The Bertz CT molecular complexity index is 598. The average Bonchev–Trinajstić information content (AvgIpc) is 2.48. The lowest BCUT2D eigenvalue weighted by molar-refractivity contribution is 0.0268. The third kappa shape index (κ3) is 5.17. The summed E-state index contributed by atoms with van der Waals surface area (Å²) in [5.41, 5.74) is 1.75. The summed E-state index contributed by atoms with van der Waals surface area (Å²) in [4.78, 5) is 14.2. The van der Waals surface area contributed by atoms with E-state index in [9.17, 15) is 4.79 Å². The van der Waals surface area contributed by atoms with Gasteiger partial charge in [0.1, 0.15) is 6.10 Å². The first-order valence-corrected chi connectivity index (χ1v) is 7.61. The molecule has 0 aliphatic carbocycles. The second-order valence-corrected chi connectivity index (χ2v) is 5.84. The van der Waals surface area contributed by atoms with Crippen molar-refractivity contribution in [2.45, 2.75) is 19.6 Å². The fraction of sp³-hybridized carbons (Fsp3) is 0.278. The number of esters is 1. The van der Waals surface area contributed by atoms with Crippen molar-refractivity contribution >= 4 is 17.6 Å². The molecule has 2 rings (SSSR count). The highest BCUT2D eigenvalue weighted by Crippen LogP contribution is 2.12. The lowest BCUT2D eigenvalue weighted by Crippen LogP contribution is -2.30. The van der Waals surface area contributed by atoms with E-state index >= 15 is 0 Å². The van der Waals surface area contributed by atoms with Crippen LogP contribution in [0.5, 0.6) is 0 Å². The van der Waals surface area contributed by atoms with Gasteiger partial charge in [0.05, 0.1) is 5.56 Å². The van der Waals surface area contributed by atoms with Gasteiger partial charge in [0.2, 0.25) is 0 Å². The number of hydrogen-bond donors (Lipinski definition) is 0. The van der Waals surface area contributed by atoms with E-state index < -0.39 is 0 Å². The molecule has 4 heteroatoms. The molecular formula is C18H20ClNO2. The maximum Gasteiger partial charge on any atom is 0.338 e. The molecule has 0 N–H and O–H groups in total. The Morgan fingerprint density at radius 3 is 2.41 bits per heavy atom. The van der Waals surface area contributed by atoms with Crippen LogP contribution in [0, 0.1) is 0 Å². The fourth-order valence-corrected chi connectivity index (χ4v) is 2.40. The lowest BCUT2D eigenvalue weighted by atomic mass is 10.2. The van der Waals surface area contributed by atoms with E-state index in [0.29, 0.717) is 17.1 Å². The number of likely N-dealkylation sites (N-methyl/N-ethyl adjacent to an activating group) is 1. The minimum absolute atomic E-state index is 0.183. The highest BCUT2D eigenvalue weighted by atomic mass is 35.5. The molecule has 0 aliphatic heterocycles. The molecule has 0 fully saturated rings. The van der Waals surface area contributed by atoms with Gasteiger partial charge in [-0.1, -0.05) is 41.9 Å². The van der Waals surface area contributed by atoms with Gasteiger partial charge in [0, 0.05) is 18.1 Å². The molecule has 0 amide bonds. The van der Waals surface area contributed by atoms with Crippen molar-refractivity contribution < 1.29 is 9.53 Å². The first-order valence-electron chi connectivity index (χ1n) is 7.23. The molecule has 2 aromatic carbocycles. The van der Waals surface area contributed by atoms with Gasteiger partial charge in [-0.3, -0.25) is 4.90 Å². The molecule has 3 nitrogen and oxygen atoms in total. The third-order valence-electron chi connectivity index (χ3n) is 3.25. The number of hydrogen-bond acceptors (Lipinski definition) is 3. The molecule has 0 unspecified atom stereocenters. The molecule has 0 heterocycles. The van der Waals surface area contributed by atoms with Crippen LogP contribution in [0.2, 0.25) is 5.02 Å². The van der Waals surface area contributed by atoms with Crippen LogP contribution in [-0.4, -0.2) is 30.6 Å². The zero-order valence-electron chi connectivity index (χ0n) is 12.8. The van der Waals surface area contributed by atoms with Gasteiger partial charge in [-0.25, -0.2) is 4.79 Å². The number of halogens is 1. The Morgan fingerprint density at radius 1 is 1.14 bits per heavy atom. The standard InChI is InChI=1S/C18H20ClNO2/c1-14(12-20(2)13-15-6-4-3-5-7-15)22-18(21)16-8-10-17(19)11-9-16/h3-11,14H,12-13H2,1-2H3/t14-/m1/s1. The minimum Gasteiger partial charge on any atom is -0.458 e. The van der Waals surface area contributed by atoms with E-state index in [1.54, 1.807) is 24.3 Å². The van der Waals surface area contributed by atoms with Crippen molar-refractivity contribution in [1.82, 2.24) is 4.90 Å². The van der Waals surface area contributed by atoms with E-state index in [2.05, 4.69) is 17.0 Å². The maximum atomic E-state index is 12.0. The Balaban J connectivity index is 1.83. The molecule has 22 heavy (non-hydrogen) atoms. The van der Waals surface area contributed by atoms with Gasteiger partial charge in [-0.2, -0.15) is 0 Å². The largest absolute Gasteiger partial charge is 0.458 e. The minimum atomic E-state index is -0.322. The first kappa shape index (κ1) is 16.5. The summed E-state index contributed by atoms with van der Waals surface area (Å²) >= 11 is 5.81. The van der Waals surface area contributed by atoms with E-state index in [1.165, 1.54) is 5.56 Å². The third-order valence-corrected chi connectivity index (χ3v) is 3.50. The summed E-state index contributed by atoms with van der Waals surface area (Å²) in [6.07, 6.45) is -0.183. The zero-order chi connectivity index (χ0) is 15.9. The Labute approximate surface area is 136 Å². The Kier molecular flexibility index (Phi) is 5.99. The Morgan fingerprint density at radius 2 is 1.77 bits per heavy atom. The van der Waals surface area contributed by atoms with Crippen LogP contribution in [0.1, 0.15) is 22.8 Å². The summed E-state index contributed by atoms with van der Waals surface area (Å²) in [6.45, 7) is 3.40. The number of nitrogens with zero attached hydrogens (tertiary/aromatic N) is 1. The highest BCUT2D eigenvalue weighted by molar-refractivity contribution is 6.30. The smallest absolute Gasteiger partial charge is 0.338 e. The van der Waals surface area contributed by atoms with Crippen molar-refractivity contribution in [2.75, 3.05) is 13.6 Å². The SMILES string of the molecule is C[C@H](CN(C)Cc1ccccc1)OC(=O)c1ccc(Cl)cc1. The second-order valence-electron chi connectivity index (χ2n) is 5.41. The molecular weight excluding hydrogens is 298 g/mol. The quantitative estimate of drug-likeness (QED) is 0.754. The van der Waals surface area contributed by atoms with E-state index in [-0.39, 0.29) is 12.1 Å². The molecule has 1 atom stereocenters. The maximum absolute atomic E-state index is 12.0. The fourth-order valence-electron chi connectivity index (χ4n) is 2.27. The van der Waals surface area contributed by atoms with E-state index in [4.69, 9.17) is 16.3 Å². The summed E-state index contributed by atoms with van der Waals surface area (Å²) < 4.78 is 5.46. The van der Waals surface area contributed by atoms with Crippen LogP contribution in [0.15, 0.2) is 54.6 Å². The average molecular weight is 318 g/mol. The molecule has 2 aromatic rings. The number of carbonyl (C=O) groups excluding carboxylic acids is 1. The lowest BCUT2D eigenvalue weighted by Gasteiger charge is -2.21. The molecule has 0 aliphatic rings. The van der Waals surface area contributed by atoms with Gasteiger partial charge < -0.3 is 4.74 Å². The normalized spacial score (nSPS) is 12.2. The first-order chi connectivity index (χ1) is 10.5. The molecule has 0 aromatic heterocycles. The summed E-state index contributed by atoms with van der Waals surface area (Å²) in [5, 5.41) is 0.604. The van der Waals surface area contributed by atoms with E-state index in [1.807, 2.05) is 32.2 Å². The summed E-state index contributed by atoms with van der Waals surface area (Å²) in [5.74, 6) is -0.322. The van der Waals surface area contributed by atoms with Gasteiger partial charge in [-0.15, -0.1) is 0 Å². The van der Waals surface area contributed by atoms with Crippen LogP contribution in [0.3, 0.4) is 0 Å². The van der Waals surface area contributed by atoms with Gasteiger partial charge in [-0.05, 0) is 43.8 Å². The molecule has 116 valence electrons. The van der Waals surface area contributed by atoms with Crippen LogP contribution >= 0.6 is 11.6 Å². The molecule has 0 saturated heterocycles. The highest BCUT2D eigenvalue weighted by Gasteiger charge is 2.14. The molecule has 0 radical (unpaired) electrons. The van der Waals surface area contributed by atoms with Crippen molar-refractivity contribution in [2.24, 2.45) is 0 Å². The van der Waals surface area contributed by atoms with Crippen molar-refractivity contribution in [1.29, 1.82) is 0 Å². The zero-order valence-corrected chi connectivity index (χ0v) is 13.6. The molecule has 0 bridgehead atoms. The predicted molar refractivity (Wildman–Crippen MR) is 89.1 cm³/mol. The topological polar surface area (TPSA) is 29.5 Å². The van der Waals surface area contributed by atoms with Gasteiger partial charge >= 0.3 is 5.97 Å². The van der Waals surface area contributed by atoms with Gasteiger partial charge in [0.25, 0.3) is 0 Å². The van der Waals surface area contributed by atoms with Crippen molar-refractivity contribution in [3.8, 4) is 0 Å². The van der Waals surface area contributed by atoms with Crippen LogP contribution in [0.4, 0.5) is 0 Å². The monoisotopic (exact) mass is 317 g/mol. The number of benzene rings is 2. The van der Waals surface area contributed by atoms with Crippen molar-refractivity contribution in [3.05, 3.63) is 70.7 Å². The summed E-state index contributed by atoms with van der Waals surface area (Å²) in [6, 6.07) is 16.9. The molecule has 0 saturated carbocycles. The predicted octanol–water partition coefficient (Wildman–Crippen LogP) is 4.02. The number of ether oxygens (including phenoxy) is 1. The van der Waals surface area contributed by atoms with E-state index in [0.717, 1.165) is 6.54 Å². The van der Waals surface area contributed by atoms with Crippen molar-refractivity contribution in [3.63, 3.8) is 0 Å². The van der Waals surface area contributed by atoms with Crippen LogP contribution in [0.25, 0.3) is 0 Å². The van der Waals surface area contributed by atoms with Crippen LogP contribution < -0.4 is 0 Å². The van der Waals surface area contributed by atoms with Crippen LogP contribution in [-0.2, 0) is 11.3 Å². The number of rotatable bonds is 6. The second kappa shape index (κ2) is 7.97. The molecule has 0 spiro atoms. The van der Waals surface area contributed by atoms with Gasteiger partial charge in [0.15, 0.2) is 0 Å². The summed E-state index contributed by atoms with van der Waals surface area (Å²) in [7, 11) is 2.01.